The zero-order valence-corrected chi connectivity index (χ0v) is 17.6. The van der Waals surface area contributed by atoms with Gasteiger partial charge in [-0.3, -0.25) is 0 Å². The molecule has 3 aromatic rings. The number of halogens is 3. The molecule has 0 N–H and O–H groups in total. The van der Waals surface area contributed by atoms with Crippen LogP contribution in [0.4, 0.5) is 24.8 Å². The Labute approximate surface area is 184 Å². The predicted molar refractivity (Wildman–Crippen MR) is 117 cm³/mol. The molecule has 0 atom stereocenters. The topological polar surface area (TPSA) is 42.8 Å². The number of rotatable bonds is 7. The molecule has 0 radical (unpaired) electrons. The zero-order valence-electron chi connectivity index (χ0n) is 17.6. The van der Waals surface area contributed by atoms with Gasteiger partial charge in [0.25, 0.3) is 0 Å². The van der Waals surface area contributed by atoms with Crippen molar-refractivity contribution in [3.8, 4) is 11.5 Å². The van der Waals surface area contributed by atoms with E-state index in [9.17, 15) is 13.2 Å². The Morgan fingerprint density at radius 3 is 2.19 bits per heavy atom. The first kappa shape index (κ1) is 20.8. The Bertz CT molecular complexity index is 1070. The van der Waals surface area contributed by atoms with Crippen LogP contribution in [-0.4, -0.2) is 48.7 Å². The summed E-state index contributed by atoms with van der Waals surface area (Å²) in [6.07, 6.45) is -1.17. The lowest BCUT2D eigenvalue weighted by molar-refractivity contribution is -0.274. The molecule has 0 amide bonds. The average Bonchev–Trinajstić information content (AvgIpc) is 3.35. The molecule has 2 aliphatic rings. The number of hydrogen-bond acceptors (Lipinski definition) is 5. The molecular formula is C23H25F3N4O2. The highest BCUT2D eigenvalue weighted by Crippen LogP contribution is 2.30. The summed E-state index contributed by atoms with van der Waals surface area (Å²) in [5, 5.41) is 0. The van der Waals surface area contributed by atoms with E-state index in [1.54, 1.807) is 0 Å². The first-order valence-corrected chi connectivity index (χ1v) is 11.0. The van der Waals surface area contributed by atoms with Gasteiger partial charge in [-0.05, 0) is 61.7 Å². The molecule has 6 nitrogen and oxygen atoms in total. The summed E-state index contributed by atoms with van der Waals surface area (Å²) in [6.45, 7) is 5.10. The fourth-order valence-corrected chi connectivity index (χ4v) is 4.24. The predicted octanol–water partition coefficient (Wildman–Crippen LogP) is 4.82. The van der Waals surface area contributed by atoms with Crippen molar-refractivity contribution in [1.29, 1.82) is 0 Å². The number of alkyl halides is 3. The second-order valence-corrected chi connectivity index (χ2v) is 8.14. The van der Waals surface area contributed by atoms with E-state index < -0.39 is 6.36 Å². The molecule has 5 rings (SSSR count). The third kappa shape index (κ3) is 4.42. The molecule has 0 spiro atoms. The highest BCUT2D eigenvalue weighted by molar-refractivity contribution is 5.83. The van der Waals surface area contributed by atoms with Gasteiger partial charge in [0.2, 0.25) is 5.95 Å². The molecule has 1 aromatic heterocycles. The zero-order chi connectivity index (χ0) is 22.1. The van der Waals surface area contributed by atoms with Gasteiger partial charge in [0.05, 0.1) is 17.6 Å². The fraction of sp³-hybridized carbons (Fsp3) is 0.435. The van der Waals surface area contributed by atoms with Gasteiger partial charge in [-0.15, -0.1) is 13.2 Å². The van der Waals surface area contributed by atoms with Crippen LogP contribution in [0.15, 0.2) is 42.5 Å². The lowest BCUT2D eigenvalue weighted by Crippen LogP contribution is -2.36. The van der Waals surface area contributed by atoms with Gasteiger partial charge in [0.15, 0.2) is 0 Å². The fourth-order valence-electron chi connectivity index (χ4n) is 4.24. The molecule has 2 aliphatic heterocycles. The van der Waals surface area contributed by atoms with Crippen LogP contribution < -0.4 is 19.3 Å². The van der Waals surface area contributed by atoms with E-state index in [1.165, 1.54) is 36.4 Å². The van der Waals surface area contributed by atoms with Crippen LogP contribution in [0.25, 0.3) is 11.0 Å². The maximum atomic E-state index is 12.3. The van der Waals surface area contributed by atoms with Crippen molar-refractivity contribution in [3.05, 3.63) is 42.5 Å². The van der Waals surface area contributed by atoms with E-state index in [1.807, 2.05) is 0 Å². The average molecular weight is 446 g/mol. The van der Waals surface area contributed by atoms with Gasteiger partial charge in [-0.1, -0.05) is 0 Å². The molecule has 0 aliphatic carbocycles. The quantitative estimate of drug-likeness (QED) is 0.520. The Kier molecular flexibility index (Phi) is 5.48. The van der Waals surface area contributed by atoms with Crippen LogP contribution in [-0.2, 0) is 6.54 Å². The number of aromatic nitrogens is 2. The standard InChI is InChI=1S/C23H25F3N4O2/c24-23(25,26)32-19-7-5-18(6-8-19)31-15-14-30-21-16-17(28-12-3-13-28)4-9-20(21)27-22(30)29-10-1-2-11-29/h4-9,16H,1-3,10-15H2. The van der Waals surface area contributed by atoms with E-state index in [0.717, 1.165) is 56.0 Å². The van der Waals surface area contributed by atoms with Crippen molar-refractivity contribution in [2.75, 3.05) is 42.6 Å². The Balaban J connectivity index is 1.33. The van der Waals surface area contributed by atoms with Crippen LogP contribution in [0, 0.1) is 0 Å². The number of benzene rings is 2. The highest BCUT2D eigenvalue weighted by atomic mass is 19.4. The highest BCUT2D eigenvalue weighted by Gasteiger charge is 2.31. The first-order chi connectivity index (χ1) is 15.5. The summed E-state index contributed by atoms with van der Waals surface area (Å²) in [4.78, 5) is 9.57. The van der Waals surface area contributed by atoms with Crippen LogP contribution in [0.2, 0.25) is 0 Å². The summed E-state index contributed by atoms with van der Waals surface area (Å²) in [6, 6.07) is 11.9. The molecule has 170 valence electrons. The van der Waals surface area contributed by atoms with Crippen LogP contribution in [0.3, 0.4) is 0 Å². The van der Waals surface area contributed by atoms with Gasteiger partial charge >= 0.3 is 6.36 Å². The van der Waals surface area contributed by atoms with Gasteiger partial charge in [0.1, 0.15) is 18.1 Å². The van der Waals surface area contributed by atoms with E-state index in [0.29, 0.717) is 18.9 Å². The van der Waals surface area contributed by atoms with Gasteiger partial charge < -0.3 is 23.8 Å². The molecule has 9 heteroatoms. The molecule has 2 aromatic carbocycles. The first-order valence-electron chi connectivity index (χ1n) is 11.0. The van der Waals surface area contributed by atoms with E-state index in [4.69, 9.17) is 9.72 Å². The summed E-state index contributed by atoms with van der Waals surface area (Å²) in [5.41, 5.74) is 3.25. The third-order valence-corrected chi connectivity index (χ3v) is 5.96. The largest absolute Gasteiger partial charge is 0.573 e. The molecular weight excluding hydrogens is 421 g/mol. The van der Waals surface area contributed by atoms with Gasteiger partial charge in [0, 0.05) is 31.9 Å². The molecule has 32 heavy (non-hydrogen) atoms. The molecule has 0 saturated carbocycles. The summed E-state index contributed by atoms with van der Waals surface area (Å²) >= 11 is 0. The number of fused-ring (bicyclic) bond motifs is 1. The van der Waals surface area contributed by atoms with E-state index in [-0.39, 0.29) is 5.75 Å². The number of hydrogen-bond donors (Lipinski definition) is 0. The normalized spacial score (nSPS) is 16.5. The third-order valence-electron chi connectivity index (χ3n) is 5.96. The van der Waals surface area contributed by atoms with Crippen LogP contribution >= 0.6 is 0 Å². The summed E-state index contributed by atoms with van der Waals surface area (Å²) in [5.74, 6) is 1.18. The monoisotopic (exact) mass is 446 g/mol. The molecule has 3 heterocycles. The Morgan fingerprint density at radius 2 is 1.53 bits per heavy atom. The van der Waals surface area contributed by atoms with Gasteiger partial charge in [-0.2, -0.15) is 0 Å². The van der Waals surface area contributed by atoms with E-state index in [2.05, 4.69) is 37.3 Å². The summed E-state index contributed by atoms with van der Waals surface area (Å²) in [7, 11) is 0. The second kappa shape index (κ2) is 8.44. The molecule has 2 saturated heterocycles. The Morgan fingerprint density at radius 1 is 0.844 bits per heavy atom. The van der Waals surface area contributed by atoms with Crippen molar-refractivity contribution in [1.82, 2.24) is 9.55 Å². The van der Waals surface area contributed by atoms with Crippen molar-refractivity contribution < 1.29 is 22.6 Å². The smallest absolute Gasteiger partial charge is 0.492 e. The van der Waals surface area contributed by atoms with Gasteiger partial charge in [-0.25, -0.2) is 4.98 Å². The number of ether oxygens (including phenoxy) is 2. The van der Waals surface area contributed by atoms with Crippen molar-refractivity contribution in [3.63, 3.8) is 0 Å². The lowest BCUT2D eigenvalue weighted by atomic mass is 10.1. The SMILES string of the molecule is FC(F)(F)Oc1ccc(OCCn2c(N3CCCC3)nc3ccc(N4CCC4)cc32)cc1. The molecule has 0 unspecified atom stereocenters. The number of anilines is 2. The Hall–Kier alpha value is -3.10. The maximum Gasteiger partial charge on any atom is 0.573 e. The van der Waals surface area contributed by atoms with Crippen molar-refractivity contribution in [2.45, 2.75) is 32.2 Å². The lowest BCUT2D eigenvalue weighted by Gasteiger charge is -2.33. The minimum absolute atomic E-state index is 0.264. The molecule has 0 bridgehead atoms. The second-order valence-electron chi connectivity index (χ2n) is 8.14. The van der Waals surface area contributed by atoms with Crippen LogP contribution in [0.5, 0.6) is 11.5 Å². The minimum atomic E-state index is -4.70. The summed E-state index contributed by atoms with van der Waals surface area (Å²) < 4.78 is 48.9. The number of imidazole rings is 1. The van der Waals surface area contributed by atoms with Crippen molar-refractivity contribution >= 4 is 22.7 Å². The van der Waals surface area contributed by atoms with Crippen molar-refractivity contribution in [2.24, 2.45) is 0 Å². The number of nitrogens with zero attached hydrogens (tertiary/aromatic N) is 4. The van der Waals surface area contributed by atoms with Crippen LogP contribution in [0.1, 0.15) is 19.3 Å². The van der Waals surface area contributed by atoms with E-state index >= 15 is 0 Å². The minimum Gasteiger partial charge on any atom is -0.492 e. The molecule has 2 fully saturated rings. The maximum absolute atomic E-state index is 12.3.